The van der Waals surface area contributed by atoms with Crippen LogP contribution < -0.4 is 5.32 Å². The van der Waals surface area contributed by atoms with Crippen molar-refractivity contribution in [2.24, 2.45) is 5.92 Å². The molecule has 9 heteroatoms. The Morgan fingerprint density at radius 1 is 1.00 bits per heavy atom. The van der Waals surface area contributed by atoms with E-state index in [9.17, 15) is 19.2 Å². The fraction of sp³-hybridized carbons (Fsp3) is 0.357. The number of Topliss-reactive ketones (excluding diaryl/α,β-unsaturated/α-hetero) is 1. The van der Waals surface area contributed by atoms with Gasteiger partial charge in [0.25, 0.3) is 11.8 Å². The third-order valence-electron chi connectivity index (χ3n) is 6.96. The average molecular weight is 536 g/mol. The van der Waals surface area contributed by atoms with Crippen molar-refractivity contribution in [1.29, 1.82) is 0 Å². The standard InChI is InChI=1S/C28H29N3O4S2/c1-17(2)15-20(29-26(33)19-9-7-18(8-10-19)23-5-3-13-36-23)27(34)30-12-11-21-25(30)22(32)16-31(21)28(35)24-6-4-14-37-24/h3-10,13-14,17,20-21,25H,11-12,15-16H2,1-2H3,(H,29,33). The zero-order valence-corrected chi connectivity index (χ0v) is 22.4. The van der Waals surface area contributed by atoms with Crippen LogP contribution in [0.15, 0.2) is 59.3 Å². The van der Waals surface area contributed by atoms with Gasteiger partial charge in [-0.1, -0.05) is 38.1 Å². The summed E-state index contributed by atoms with van der Waals surface area (Å²) in [6.45, 7) is 4.39. The van der Waals surface area contributed by atoms with E-state index in [4.69, 9.17) is 0 Å². The largest absolute Gasteiger partial charge is 0.340 e. The number of hydrogen-bond donors (Lipinski definition) is 1. The summed E-state index contributed by atoms with van der Waals surface area (Å²) in [5, 5.41) is 6.77. The number of ketones is 1. The van der Waals surface area contributed by atoms with Crippen molar-refractivity contribution in [3.8, 4) is 10.4 Å². The van der Waals surface area contributed by atoms with E-state index in [-0.39, 0.29) is 42.0 Å². The number of rotatable bonds is 7. The molecule has 2 aliphatic heterocycles. The third-order valence-corrected chi connectivity index (χ3v) is 8.74. The summed E-state index contributed by atoms with van der Waals surface area (Å²) in [5.41, 5.74) is 1.51. The first-order valence-electron chi connectivity index (χ1n) is 12.5. The van der Waals surface area contributed by atoms with E-state index in [2.05, 4.69) is 5.32 Å². The summed E-state index contributed by atoms with van der Waals surface area (Å²) in [6, 6.07) is 13.2. The SMILES string of the molecule is CC(C)CC(NC(=O)c1ccc(-c2cccs2)cc1)C(=O)N1CCC2C1C(=O)CN2C(=O)c1cccs1. The molecule has 3 unspecified atom stereocenters. The lowest BCUT2D eigenvalue weighted by Gasteiger charge is -2.29. The van der Waals surface area contributed by atoms with Gasteiger partial charge in [0, 0.05) is 17.0 Å². The highest BCUT2D eigenvalue weighted by Gasteiger charge is 2.52. The van der Waals surface area contributed by atoms with E-state index in [1.165, 1.54) is 11.3 Å². The molecular formula is C28H29N3O4S2. The van der Waals surface area contributed by atoms with Crippen molar-refractivity contribution < 1.29 is 19.2 Å². The van der Waals surface area contributed by atoms with Crippen LogP contribution in [0.25, 0.3) is 10.4 Å². The van der Waals surface area contributed by atoms with E-state index in [0.717, 1.165) is 10.4 Å². The van der Waals surface area contributed by atoms with Crippen molar-refractivity contribution in [1.82, 2.24) is 15.1 Å². The molecule has 1 aromatic carbocycles. The van der Waals surface area contributed by atoms with Crippen molar-refractivity contribution in [3.63, 3.8) is 0 Å². The van der Waals surface area contributed by atoms with Gasteiger partial charge in [-0.25, -0.2) is 0 Å². The lowest BCUT2D eigenvalue weighted by Crippen LogP contribution is -2.53. The molecule has 2 aromatic heterocycles. The van der Waals surface area contributed by atoms with Crippen LogP contribution in [0.5, 0.6) is 0 Å². The predicted octanol–water partition coefficient (Wildman–Crippen LogP) is 4.32. The van der Waals surface area contributed by atoms with Gasteiger partial charge in [-0.2, -0.15) is 0 Å². The average Bonchev–Trinajstić information content (AvgIpc) is 3.69. The summed E-state index contributed by atoms with van der Waals surface area (Å²) < 4.78 is 0. The number of thiophene rings is 2. The molecule has 37 heavy (non-hydrogen) atoms. The number of carbonyl (C=O) groups is 4. The quantitative estimate of drug-likeness (QED) is 0.488. The van der Waals surface area contributed by atoms with Crippen LogP contribution in [-0.2, 0) is 9.59 Å². The molecule has 0 aliphatic carbocycles. The number of hydrogen-bond acceptors (Lipinski definition) is 6. The highest BCUT2D eigenvalue weighted by atomic mass is 32.1. The fourth-order valence-electron chi connectivity index (χ4n) is 5.24. The maximum absolute atomic E-state index is 13.7. The van der Waals surface area contributed by atoms with Crippen molar-refractivity contribution in [2.75, 3.05) is 13.1 Å². The number of carbonyl (C=O) groups excluding carboxylic acids is 4. The molecule has 0 bridgehead atoms. The minimum absolute atomic E-state index is 0.00758. The molecule has 3 aromatic rings. The van der Waals surface area contributed by atoms with Crippen LogP contribution in [-0.4, -0.2) is 64.5 Å². The first-order valence-corrected chi connectivity index (χ1v) is 14.2. The Morgan fingerprint density at radius 3 is 2.38 bits per heavy atom. The Bertz CT molecular complexity index is 1290. The molecule has 5 rings (SSSR count). The lowest BCUT2D eigenvalue weighted by atomic mass is 10.0. The second-order valence-electron chi connectivity index (χ2n) is 9.92. The van der Waals surface area contributed by atoms with Gasteiger partial charge in [0.2, 0.25) is 5.91 Å². The molecule has 0 radical (unpaired) electrons. The Kier molecular flexibility index (Phi) is 7.26. The van der Waals surface area contributed by atoms with Gasteiger partial charge in [0.05, 0.1) is 17.5 Å². The van der Waals surface area contributed by atoms with Crippen molar-refractivity contribution in [2.45, 2.75) is 44.8 Å². The summed E-state index contributed by atoms with van der Waals surface area (Å²) >= 11 is 2.98. The molecule has 2 saturated heterocycles. The smallest absolute Gasteiger partial charge is 0.264 e. The van der Waals surface area contributed by atoms with E-state index in [1.807, 2.05) is 54.9 Å². The highest BCUT2D eigenvalue weighted by Crippen LogP contribution is 2.32. The van der Waals surface area contributed by atoms with E-state index < -0.39 is 12.1 Å². The third kappa shape index (κ3) is 5.10. The Balaban J connectivity index is 1.30. The number of nitrogens with one attached hydrogen (secondary N) is 1. The zero-order valence-electron chi connectivity index (χ0n) is 20.8. The van der Waals surface area contributed by atoms with Gasteiger partial charge in [-0.3, -0.25) is 19.2 Å². The zero-order chi connectivity index (χ0) is 26.1. The second-order valence-corrected chi connectivity index (χ2v) is 11.8. The van der Waals surface area contributed by atoms with Crippen LogP contribution in [0.3, 0.4) is 0 Å². The Hall–Kier alpha value is -3.30. The summed E-state index contributed by atoms with van der Waals surface area (Å²) in [5.74, 6) is -0.712. The number of benzene rings is 1. The molecule has 1 N–H and O–H groups in total. The maximum atomic E-state index is 13.7. The molecule has 2 fully saturated rings. The minimum atomic E-state index is -0.752. The Morgan fingerprint density at radius 2 is 1.73 bits per heavy atom. The first-order chi connectivity index (χ1) is 17.8. The normalized spacial score (nSPS) is 19.8. The number of nitrogens with zero attached hydrogens (tertiary/aromatic N) is 2. The van der Waals surface area contributed by atoms with E-state index >= 15 is 0 Å². The predicted molar refractivity (Wildman–Crippen MR) is 145 cm³/mol. The number of likely N-dealkylation sites (tertiary alicyclic amines) is 2. The van der Waals surface area contributed by atoms with Gasteiger partial charge >= 0.3 is 0 Å². The number of fused-ring (bicyclic) bond motifs is 1. The molecule has 0 spiro atoms. The highest BCUT2D eigenvalue weighted by molar-refractivity contribution is 7.13. The fourth-order valence-corrected chi connectivity index (χ4v) is 6.66. The topological polar surface area (TPSA) is 86.8 Å². The van der Waals surface area contributed by atoms with Crippen LogP contribution in [0, 0.1) is 5.92 Å². The molecule has 192 valence electrons. The summed E-state index contributed by atoms with van der Waals surface area (Å²) in [6.07, 6.45) is 1.00. The molecule has 2 aliphatic rings. The molecular weight excluding hydrogens is 506 g/mol. The molecule has 3 atom stereocenters. The second kappa shape index (κ2) is 10.6. The van der Waals surface area contributed by atoms with E-state index in [0.29, 0.717) is 29.8 Å². The van der Waals surface area contributed by atoms with Gasteiger partial charge in [0.1, 0.15) is 12.1 Å². The minimum Gasteiger partial charge on any atom is -0.340 e. The van der Waals surface area contributed by atoms with Crippen LogP contribution >= 0.6 is 22.7 Å². The molecule has 3 amide bonds. The monoisotopic (exact) mass is 535 g/mol. The molecule has 7 nitrogen and oxygen atoms in total. The van der Waals surface area contributed by atoms with Crippen LogP contribution in [0.2, 0.25) is 0 Å². The lowest BCUT2D eigenvalue weighted by molar-refractivity contribution is -0.138. The summed E-state index contributed by atoms with van der Waals surface area (Å²) in [7, 11) is 0. The van der Waals surface area contributed by atoms with Crippen molar-refractivity contribution >= 4 is 46.2 Å². The maximum Gasteiger partial charge on any atom is 0.264 e. The first kappa shape index (κ1) is 25.4. The van der Waals surface area contributed by atoms with Gasteiger partial charge in [-0.05, 0) is 59.3 Å². The van der Waals surface area contributed by atoms with Crippen LogP contribution in [0.4, 0.5) is 0 Å². The summed E-state index contributed by atoms with van der Waals surface area (Å²) in [4.78, 5) is 57.7. The number of amides is 3. The molecule has 4 heterocycles. The van der Waals surface area contributed by atoms with Gasteiger partial charge in [-0.15, -0.1) is 22.7 Å². The Labute approximate surface area is 224 Å². The van der Waals surface area contributed by atoms with Crippen molar-refractivity contribution in [3.05, 3.63) is 69.7 Å². The van der Waals surface area contributed by atoms with E-state index in [1.54, 1.807) is 39.3 Å². The van der Waals surface area contributed by atoms with Gasteiger partial charge < -0.3 is 15.1 Å². The van der Waals surface area contributed by atoms with Crippen LogP contribution in [0.1, 0.15) is 46.7 Å². The van der Waals surface area contributed by atoms with Gasteiger partial charge in [0.15, 0.2) is 5.78 Å². The molecule has 0 saturated carbocycles.